The normalized spacial score (nSPS) is 29.5. The van der Waals surface area contributed by atoms with E-state index in [1.807, 2.05) is 0 Å². The smallest absolute Gasteiger partial charge is 0.188 e. The lowest BCUT2D eigenvalue weighted by Crippen LogP contribution is -2.43. The average Bonchev–Trinajstić information content (AvgIpc) is 2.09. The molecular weight excluding hydrogens is 154 g/mol. The van der Waals surface area contributed by atoms with Crippen LogP contribution in [0.15, 0.2) is 0 Å². The van der Waals surface area contributed by atoms with Gasteiger partial charge in [-0.05, 0) is 25.7 Å². The molecule has 1 rings (SSSR count). The van der Waals surface area contributed by atoms with Crippen LogP contribution in [-0.2, 0) is 0 Å². The third kappa shape index (κ3) is 2.70. The molecule has 0 amide bonds. The van der Waals surface area contributed by atoms with Gasteiger partial charge in [-0.3, -0.25) is 5.41 Å². The van der Waals surface area contributed by atoms with Crippen molar-refractivity contribution in [3.8, 4) is 0 Å². The standard InChI is InChI=1S/C8H17N3O/c1-10-8(9)11-6-2-4-7(12)5-3-6/h6-7,12H,2-5H2,1H3,(H3,9,10,11). The molecule has 0 aliphatic heterocycles. The van der Waals surface area contributed by atoms with Crippen LogP contribution in [0.2, 0.25) is 0 Å². The van der Waals surface area contributed by atoms with Crippen molar-refractivity contribution in [2.24, 2.45) is 0 Å². The predicted octanol–water partition coefficient (Wildman–Crippen LogP) is 0.0337. The summed E-state index contributed by atoms with van der Waals surface area (Å²) in [6.45, 7) is 0. The van der Waals surface area contributed by atoms with E-state index in [-0.39, 0.29) is 6.10 Å². The van der Waals surface area contributed by atoms with Crippen molar-refractivity contribution in [1.82, 2.24) is 10.6 Å². The van der Waals surface area contributed by atoms with E-state index in [1.54, 1.807) is 7.05 Å². The Morgan fingerprint density at radius 1 is 1.33 bits per heavy atom. The highest BCUT2D eigenvalue weighted by Crippen LogP contribution is 2.17. The molecule has 0 bridgehead atoms. The number of aliphatic hydroxyl groups excluding tert-OH is 1. The zero-order valence-corrected chi connectivity index (χ0v) is 7.43. The number of guanidine groups is 1. The fraction of sp³-hybridized carbons (Fsp3) is 0.875. The second kappa shape index (κ2) is 4.30. The Hall–Kier alpha value is -0.770. The molecule has 0 radical (unpaired) electrons. The summed E-state index contributed by atoms with van der Waals surface area (Å²) in [6.07, 6.45) is 3.52. The summed E-state index contributed by atoms with van der Waals surface area (Å²) in [5.41, 5.74) is 0. The molecule has 70 valence electrons. The first kappa shape index (κ1) is 9.32. The second-order valence-electron chi connectivity index (χ2n) is 3.27. The first-order valence-electron chi connectivity index (χ1n) is 4.43. The van der Waals surface area contributed by atoms with Gasteiger partial charge in [-0.1, -0.05) is 0 Å². The monoisotopic (exact) mass is 171 g/mol. The Kier molecular flexibility index (Phi) is 3.34. The van der Waals surface area contributed by atoms with Crippen molar-refractivity contribution in [1.29, 1.82) is 5.41 Å². The molecule has 0 saturated heterocycles. The minimum atomic E-state index is -0.119. The number of nitrogens with one attached hydrogen (secondary N) is 3. The molecule has 0 aromatic carbocycles. The van der Waals surface area contributed by atoms with Crippen molar-refractivity contribution in [3.63, 3.8) is 0 Å². The molecule has 0 aromatic rings. The Bertz CT molecular complexity index is 152. The molecule has 4 heteroatoms. The van der Waals surface area contributed by atoms with Gasteiger partial charge in [-0.15, -0.1) is 0 Å². The highest BCUT2D eigenvalue weighted by Gasteiger charge is 2.19. The molecule has 4 N–H and O–H groups in total. The summed E-state index contributed by atoms with van der Waals surface area (Å²) in [6, 6.07) is 0.369. The van der Waals surface area contributed by atoms with Gasteiger partial charge < -0.3 is 15.7 Å². The zero-order chi connectivity index (χ0) is 8.97. The molecule has 1 saturated carbocycles. The summed E-state index contributed by atoms with van der Waals surface area (Å²) in [5.74, 6) is 0.372. The third-order valence-corrected chi connectivity index (χ3v) is 2.30. The molecule has 0 heterocycles. The number of rotatable bonds is 1. The molecule has 12 heavy (non-hydrogen) atoms. The molecule has 1 aliphatic carbocycles. The number of aliphatic hydroxyl groups is 1. The van der Waals surface area contributed by atoms with Crippen molar-refractivity contribution in [2.75, 3.05) is 7.05 Å². The van der Waals surface area contributed by atoms with Gasteiger partial charge in [0.2, 0.25) is 0 Å². The predicted molar refractivity (Wildman–Crippen MR) is 48.2 cm³/mol. The zero-order valence-electron chi connectivity index (χ0n) is 7.43. The van der Waals surface area contributed by atoms with Crippen LogP contribution >= 0.6 is 0 Å². The molecule has 0 spiro atoms. The summed E-state index contributed by atoms with van der Waals surface area (Å²) >= 11 is 0. The van der Waals surface area contributed by atoms with E-state index >= 15 is 0 Å². The topological polar surface area (TPSA) is 68.1 Å². The summed E-state index contributed by atoms with van der Waals surface area (Å²) in [7, 11) is 1.73. The highest BCUT2D eigenvalue weighted by molar-refractivity contribution is 5.76. The second-order valence-corrected chi connectivity index (χ2v) is 3.27. The van der Waals surface area contributed by atoms with Crippen molar-refractivity contribution in [2.45, 2.75) is 37.8 Å². The van der Waals surface area contributed by atoms with Gasteiger partial charge in [-0.2, -0.15) is 0 Å². The Balaban J connectivity index is 2.21. The van der Waals surface area contributed by atoms with E-state index in [2.05, 4.69) is 10.6 Å². The largest absolute Gasteiger partial charge is 0.393 e. The van der Waals surface area contributed by atoms with E-state index in [0.29, 0.717) is 12.0 Å². The minimum absolute atomic E-state index is 0.119. The Labute approximate surface area is 72.9 Å². The summed E-state index contributed by atoms with van der Waals surface area (Å²) in [5, 5.41) is 22.3. The highest BCUT2D eigenvalue weighted by atomic mass is 16.3. The van der Waals surface area contributed by atoms with Gasteiger partial charge >= 0.3 is 0 Å². The molecule has 0 unspecified atom stereocenters. The summed E-state index contributed by atoms with van der Waals surface area (Å²) < 4.78 is 0. The van der Waals surface area contributed by atoms with Crippen LogP contribution in [0.4, 0.5) is 0 Å². The number of hydrogen-bond donors (Lipinski definition) is 4. The first-order valence-corrected chi connectivity index (χ1v) is 4.43. The summed E-state index contributed by atoms with van der Waals surface area (Å²) in [4.78, 5) is 0. The minimum Gasteiger partial charge on any atom is -0.393 e. The van der Waals surface area contributed by atoms with Crippen LogP contribution in [0.5, 0.6) is 0 Å². The molecule has 4 nitrogen and oxygen atoms in total. The van der Waals surface area contributed by atoms with E-state index in [0.717, 1.165) is 25.7 Å². The van der Waals surface area contributed by atoms with E-state index in [4.69, 9.17) is 5.41 Å². The maximum atomic E-state index is 9.22. The SMILES string of the molecule is CNC(=N)NC1CCC(O)CC1. The molecule has 1 fully saturated rings. The van der Waals surface area contributed by atoms with Crippen LogP contribution < -0.4 is 10.6 Å². The Morgan fingerprint density at radius 2 is 1.92 bits per heavy atom. The molecule has 1 aliphatic rings. The van der Waals surface area contributed by atoms with Gasteiger partial charge in [-0.25, -0.2) is 0 Å². The molecule has 0 aromatic heterocycles. The molecule has 0 atom stereocenters. The third-order valence-electron chi connectivity index (χ3n) is 2.30. The van der Waals surface area contributed by atoms with Crippen LogP contribution in [0.25, 0.3) is 0 Å². The first-order chi connectivity index (χ1) is 5.72. The van der Waals surface area contributed by atoms with Crippen molar-refractivity contribution in [3.05, 3.63) is 0 Å². The van der Waals surface area contributed by atoms with Crippen LogP contribution in [0, 0.1) is 5.41 Å². The van der Waals surface area contributed by atoms with Gasteiger partial charge in [0.1, 0.15) is 0 Å². The molecular formula is C8H17N3O. The average molecular weight is 171 g/mol. The fourth-order valence-corrected chi connectivity index (χ4v) is 1.50. The van der Waals surface area contributed by atoms with Gasteiger partial charge in [0.05, 0.1) is 6.10 Å². The van der Waals surface area contributed by atoms with Gasteiger partial charge in [0.25, 0.3) is 0 Å². The Morgan fingerprint density at radius 3 is 2.42 bits per heavy atom. The quantitative estimate of drug-likeness (QED) is 0.332. The van der Waals surface area contributed by atoms with E-state index < -0.39 is 0 Å². The van der Waals surface area contributed by atoms with Gasteiger partial charge in [0, 0.05) is 13.1 Å². The van der Waals surface area contributed by atoms with Crippen molar-refractivity contribution >= 4 is 5.96 Å². The lowest BCUT2D eigenvalue weighted by molar-refractivity contribution is 0.120. The van der Waals surface area contributed by atoms with Crippen LogP contribution in [-0.4, -0.2) is 30.3 Å². The van der Waals surface area contributed by atoms with E-state index in [9.17, 15) is 5.11 Å². The van der Waals surface area contributed by atoms with E-state index in [1.165, 1.54) is 0 Å². The maximum absolute atomic E-state index is 9.22. The number of hydrogen-bond acceptors (Lipinski definition) is 2. The fourth-order valence-electron chi connectivity index (χ4n) is 1.50. The lowest BCUT2D eigenvalue weighted by Gasteiger charge is -2.26. The van der Waals surface area contributed by atoms with Crippen LogP contribution in [0.3, 0.4) is 0 Å². The van der Waals surface area contributed by atoms with Crippen LogP contribution in [0.1, 0.15) is 25.7 Å². The van der Waals surface area contributed by atoms with Gasteiger partial charge in [0.15, 0.2) is 5.96 Å². The van der Waals surface area contributed by atoms with Crippen molar-refractivity contribution < 1.29 is 5.11 Å². The lowest BCUT2D eigenvalue weighted by atomic mass is 9.93. The maximum Gasteiger partial charge on any atom is 0.188 e.